The van der Waals surface area contributed by atoms with E-state index < -0.39 is 12.1 Å². The first-order valence-electron chi connectivity index (χ1n) is 7.67. The number of nitrogens with one attached hydrogen (secondary N) is 1. The molecule has 0 saturated heterocycles. The molecule has 1 heterocycles. The van der Waals surface area contributed by atoms with Crippen LogP contribution in [0.2, 0.25) is 0 Å². The molecule has 0 spiro atoms. The zero-order chi connectivity index (χ0) is 17.7. The van der Waals surface area contributed by atoms with E-state index in [2.05, 4.69) is 5.32 Å². The topological polar surface area (TPSA) is 55.4 Å². The van der Waals surface area contributed by atoms with E-state index in [-0.39, 0.29) is 5.91 Å². The molecule has 0 aliphatic carbocycles. The van der Waals surface area contributed by atoms with Crippen molar-refractivity contribution in [1.29, 1.82) is 0 Å². The molecule has 0 aliphatic rings. The molecule has 0 saturated carbocycles. The third-order valence-corrected chi connectivity index (χ3v) is 4.35. The zero-order valence-electron chi connectivity index (χ0n) is 14.3. The highest BCUT2D eigenvalue weighted by molar-refractivity contribution is 7.10. The van der Waals surface area contributed by atoms with Gasteiger partial charge in [-0.3, -0.25) is 4.79 Å². The number of esters is 1. The lowest BCUT2D eigenvalue weighted by atomic mass is 10.0. The second-order valence-corrected chi connectivity index (χ2v) is 6.67. The van der Waals surface area contributed by atoms with Crippen LogP contribution < -0.4 is 5.32 Å². The molecular formula is C19H21NO3S. The van der Waals surface area contributed by atoms with Crippen molar-refractivity contribution in [3.63, 3.8) is 0 Å². The Kier molecular flexibility index (Phi) is 5.93. The first kappa shape index (κ1) is 17.9. The van der Waals surface area contributed by atoms with Crippen molar-refractivity contribution in [2.45, 2.75) is 33.8 Å². The Morgan fingerprint density at radius 3 is 2.46 bits per heavy atom. The Morgan fingerprint density at radius 2 is 1.88 bits per heavy atom. The minimum absolute atomic E-state index is 0.345. The first-order chi connectivity index (χ1) is 11.4. The van der Waals surface area contributed by atoms with Crippen molar-refractivity contribution < 1.29 is 14.3 Å². The number of rotatable bonds is 5. The molecule has 0 radical (unpaired) electrons. The lowest BCUT2D eigenvalue weighted by Crippen LogP contribution is -2.30. The van der Waals surface area contributed by atoms with Gasteiger partial charge in [0, 0.05) is 16.6 Å². The van der Waals surface area contributed by atoms with Crippen LogP contribution in [0.25, 0.3) is 6.08 Å². The van der Waals surface area contributed by atoms with Crippen molar-refractivity contribution >= 4 is 35.0 Å². The highest BCUT2D eigenvalue weighted by Gasteiger charge is 2.18. The molecule has 0 fully saturated rings. The van der Waals surface area contributed by atoms with Crippen molar-refractivity contribution in [1.82, 2.24) is 0 Å². The monoisotopic (exact) mass is 343 g/mol. The van der Waals surface area contributed by atoms with E-state index in [1.165, 1.54) is 17.4 Å². The molecule has 2 aromatic rings. The number of anilines is 1. The molecule has 1 N–H and O–H groups in total. The SMILES string of the molecule is Cc1cc(C)c(NC(=O)[C@H](C)OC(=O)/C=C/c2cccs2)c(C)c1. The standard InChI is InChI=1S/C19H21NO3S/c1-12-10-13(2)18(14(3)11-12)20-19(22)15(4)23-17(21)8-7-16-6-5-9-24-16/h5-11,15H,1-4H3,(H,20,22)/b8-7+/t15-/m0/s1. The molecular weight excluding hydrogens is 322 g/mol. The number of hydrogen-bond acceptors (Lipinski definition) is 4. The van der Waals surface area contributed by atoms with Crippen LogP contribution in [0.1, 0.15) is 28.5 Å². The van der Waals surface area contributed by atoms with Gasteiger partial charge < -0.3 is 10.1 Å². The number of ether oxygens (including phenoxy) is 1. The lowest BCUT2D eigenvalue weighted by molar-refractivity contribution is -0.148. The number of thiophene rings is 1. The van der Waals surface area contributed by atoms with Crippen LogP contribution in [0, 0.1) is 20.8 Å². The molecule has 4 nitrogen and oxygen atoms in total. The van der Waals surface area contributed by atoms with Gasteiger partial charge in [-0.15, -0.1) is 11.3 Å². The van der Waals surface area contributed by atoms with Crippen LogP contribution in [0.4, 0.5) is 5.69 Å². The second kappa shape index (κ2) is 7.93. The van der Waals surface area contributed by atoms with E-state index in [1.54, 1.807) is 13.0 Å². The molecule has 0 aliphatic heterocycles. The predicted molar refractivity (Wildman–Crippen MR) is 98.2 cm³/mol. The van der Waals surface area contributed by atoms with Gasteiger partial charge in [-0.05, 0) is 56.3 Å². The van der Waals surface area contributed by atoms with E-state index in [9.17, 15) is 9.59 Å². The minimum Gasteiger partial charge on any atom is -0.449 e. The molecule has 1 atom stereocenters. The van der Waals surface area contributed by atoms with Gasteiger partial charge in [0.2, 0.25) is 0 Å². The summed E-state index contributed by atoms with van der Waals surface area (Å²) in [6.45, 7) is 7.45. The van der Waals surface area contributed by atoms with Crippen LogP contribution in [0.15, 0.2) is 35.7 Å². The lowest BCUT2D eigenvalue weighted by Gasteiger charge is -2.16. The van der Waals surface area contributed by atoms with E-state index in [1.807, 2.05) is 50.4 Å². The van der Waals surface area contributed by atoms with Gasteiger partial charge >= 0.3 is 5.97 Å². The average Bonchev–Trinajstić information content (AvgIpc) is 3.01. The number of carbonyl (C=O) groups is 2. The van der Waals surface area contributed by atoms with Gasteiger partial charge in [-0.2, -0.15) is 0 Å². The minimum atomic E-state index is -0.870. The average molecular weight is 343 g/mol. The van der Waals surface area contributed by atoms with Crippen molar-refractivity contribution in [3.05, 3.63) is 57.3 Å². The highest BCUT2D eigenvalue weighted by atomic mass is 32.1. The van der Waals surface area contributed by atoms with Crippen LogP contribution in [-0.4, -0.2) is 18.0 Å². The quantitative estimate of drug-likeness (QED) is 0.652. The number of amides is 1. The molecule has 1 aromatic heterocycles. The summed E-state index contributed by atoms with van der Waals surface area (Å²) in [4.78, 5) is 25.0. The predicted octanol–water partition coefficient (Wildman–Crippen LogP) is 4.26. The normalized spacial score (nSPS) is 12.2. The summed E-state index contributed by atoms with van der Waals surface area (Å²) in [7, 11) is 0. The molecule has 5 heteroatoms. The van der Waals surface area contributed by atoms with Crippen LogP contribution in [0.5, 0.6) is 0 Å². The number of aryl methyl sites for hydroxylation is 3. The smallest absolute Gasteiger partial charge is 0.331 e. The van der Waals surface area contributed by atoms with Gasteiger partial charge in [0.1, 0.15) is 0 Å². The summed E-state index contributed by atoms with van der Waals surface area (Å²) in [6, 6.07) is 7.80. The maximum Gasteiger partial charge on any atom is 0.331 e. The molecule has 1 aromatic carbocycles. The van der Waals surface area contributed by atoms with E-state index in [0.29, 0.717) is 0 Å². The number of benzene rings is 1. The third kappa shape index (κ3) is 4.80. The van der Waals surface area contributed by atoms with Crippen LogP contribution in [-0.2, 0) is 14.3 Å². The summed E-state index contributed by atoms with van der Waals surface area (Å²) >= 11 is 1.52. The summed E-state index contributed by atoms with van der Waals surface area (Å²) in [5, 5.41) is 4.77. The molecule has 0 bridgehead atoms. The van der Waals surface area contributed by atoms with E-state index >= 15 is 0 Å². The molecule has 126 valence electrons. The fourth-order valence-electron chi connectivity index (χ4n) is 2.41. The number of carbonyl (C=O) groups excluding carboxylic acids is 2. The van der Waals surface area contributed by atoms with Gasteiger partial charge in [0.05, 0.1) is 0 Å². The van der Waals surface area contributed by atoms with Crippen molar-refractivity contribution in [3.8, 4) is 0 Å². The Morgan fingerprint density at radius 1 is 1.21 bits per heavy atom. The molecule has 2 rings (SSSR count). The van der Waals surface area contributed by atoms with Gasteiger partial charge in [0.25, 0.3) is 5.91 Å². The Balaban J connectivity index is 1.96. The Labute approximate surface area is 146 Å². The maximum atomic E-state index is 12.3. The summed E-state index contributed by atoms with van der Waals surface area (Å²) in [5.74, 6) is -0.883. The fourth-order valence-corrected chi connectivity index (χ4v) is 3.02. The second-order valence-electron chi connectivity index (χ2n) is 5.69. The summed E-state index contributed by atoms with van der Waals surface area (Å²) < 4.78 is 5.15. The Hall–Kier alpha value is -2.40. The van der Waals surface area contributed by atoms with Gasteiger partial charge in [-0.25, -0.2) is 4.79 Å². The first-order valence-corrected chi connectivity index (χ1v) is 8.55. The van der Waals surface area contributed by atoms with E-state index in [0.717, 1.165) is 27.3 Å². The maximum absolute atomic E-state index is 12.3. The highest BCUT2D eigenvalue weighted by Crippen LogP contribution is 2.22. The fraction of sp³-hybridized carbons (Fsp3) is 0.263. The Bertz CT molecular complexity index is 740. The third-order valence-electron chi connectivity index (χ3n) is 3.51. The van der Waals surface area contributed by atoms with Crippen LogP contribution in [0.3, 0.4) is 0 Å². The van der Waals surface area contributed by atoms with Gasteiger partial charge in [-0.1, -0.05) is 23.8 Å². The zero-order valence-corrected chi connectivity index (χ0v) is 15.1. The molecule has 24 heavy (non-hydrogen) atoms. The largest absolute Gasteiger partial charge is 0.449 e. The van der Waals surface area contributed by atoms with E-state index in [4.69, 9.17) is 4.74 Å². The van der Waals surface area contributed by atoms with Crippen molar-refractivity contribution in [2.24, 2.45) is 0 Å². The number of hydrogen-bond donors (Lipinski definition) is 1. The molecule has 1 amide bonds. The van der Waals surface area contributed by atoms with Crippen LogP contribution >= 0.6 is 11.3 Å². The summed E-state index contributed by atoms with van der Waals surface area (Å²) in [5.41, 5.74) is 3.87. The van der Waals surface area contributed by atoms with Gasteiger partial charge in [0.15, 0.2) is 6.10 Å². The van der Waals surface area contributed by atoms with Crippen molar-refractivity contribution in [2.75, 3.05) is 5.32 Å². The summed E-state index contributed by atoms with van der Waals surface area (Å²) in [6.07, 6.45) is 2.13. The molecule has 0 unspecified atom stereocenters.